The van der Waals surface area contributed by atoms with Crippen LogP contribution in [0.5, 0.6) is 0 Å². The van der Waals surface area contributed by atoms with E-state index in [1.807, 2.05) is 0 Å². The maximum absolute atomic E-state index is 3.71. The van der Waals surface area contributed by atoms with Gasteiger partial charge in [-0.05, 0) is 44.1 Å². The molecule has 12 heavy (non-hydrogen) atoms. The summed E-state index contributed by atoms with van der Waals surface area (Å²) < 4.78 is 0. The molecule has 3 atom stereocenters. The van der Waals surface area contributed by atoms with Crippen molar-refractivity contribution in [3.05, 3.63) is 0 Å². The summed E-state index contributed by atoms with van der Waals surface area (Å²) in [4.78, 5) is 0. The van der Waals surface area contributed by atoms with Crippen molar-refractivity contribution in [2.24, 2.45) is 11.8 Å². The lowest BCUT2D eigenvalue weighted by Crippen LogP contribution is -2.34. The number of rotatable bonds is 4. The van der Waals surface area contributed by atoms with E-state index >= 15 is 0 Å². The Balaban J connectivity index is 1.69. The van der Waals surface area contributed by atoms with Crippen molar-refractivity contribution in [3.63, 3.8) is 0 Å². The zero-order chi connectivity index (χ0) is 8.39. The molecule has 1 N–H and O–H groups in total. The van der Waals surface area contributed by atoms with E-state index in [1.54, 1.807) is 0 Å². The van der Waals surface area contributed by atoms with Gasteiger partial charge < -0.3 is 5.32 Å². The van der Waals surface area contributed by atoms with Gasteiger partial charge in [0.25, 0.3) is 0 Å². The molecule has 2 bridgehead atoms. The third-order valence-electron chi connectivity index (χ3n) is 3.67. The zero-order valence-electron chi connectivity index (χ0n) is 8.18. The second-order valence-electron chi connectivity index (χ2n) is 4.59. The molecule has 1 nitrogen and oxygen atoms in total. The molecule has 0 aromatic rings. The van der Waals surface area contributed by atoms with Crippen molar-refractivity contribution in [2.45, 2.75) is 51.5 Å². The Morgan fingerprint density at radius 2 is 2.17 bits per heavy atom. The van der Waals surface area contributed by atoms with E-state index in [2.05, 4.69) is 12.2 Å². The van der Waals surface area contributed by atoms with Crippen molar-refractivity contribution in [3.8, 4) is 0 Å². The SMILES string of the molecule is CCCCN[C@@H]1C[C@H]2CC[C@@H]1C2. The van der Waals surface area contributed by atoms with Crippen LogP contribution in [0.15, 0.2) is 0 Å². The third-order valence-corrected chi connectivity index (χ3v) is 3.67. The van der Waals surface area contributed by atoms with Gasteiger partial charge in [-0.3, -0.25) is 0 Å². The first kappa shape index (κ1) is 8.55. The lowest BCUT2D eigenvalue weighted by Gasteiger charge is -2.22. The van der Waals surface area contributed by atoms with Gasteiger partial charge >= 0.3 is 0 Å². The Bertz CT molecular complexity index is 144. The first-order chi connectivity index (χ1) is 5.90. The smallest absolute Gasteiger partial charge is 0.00980 e. The molecule has 0 aromatic heterocycles. The number of nitrogens with one attached hydrogen (secondary N) is 1. The monoisotopic (exact) mass is 167 g/mol. The molecule has 0 unspecified atom stereocenters. The maximum atomic E-state index is 3.71. The summed E-state index contributed by atoms with van der Waals surface area (Å²) in [7, 11) is 0. The molecule has 2 rings (SSSR count). The minimum absolute atomic E-state index is 0.898. The van der Waals surface area contributed by atoms with E-state index in [9.17, 15) is 0 Å². The standard InChI is InChI=1S/C11H21N/c1-2-3-6-12-11-8-9-4-5-10(11)7-9/h9-12H,2-8H2,1H3/t9-,10+,11+/m0/s1. The van der Waals surface area contributed by atoms with Crippen LogP contribution >= 0.6 is 0 Å². The predicted molar refractivity (Wildman–Crippen MR) is 52.1 cm³/mol. The van der Waals surface area contributed by atoms with Gasteiger partial charge in [0.15, 0.2) is 0 Å². The molecule has 1 heteroatoms. The molecule has 0 saturated heterocycles. The van der Waals surface area contributed by atoms with Gasteiger partial charge in [0, 0.05) is 6.04 Å². The molecule has 0 amide bonds. The Kier molecular flexibility index (Phi) is 2.69. The molecule has 0 spiro atoms. The molecule has 0 aliphatic heterocycles. The Hall–Kier alpha value is -0.0400. The molecular weight excluding hydrogens is 146 g/mol. The molecule has 0 heterocycles. The molecule has 2 fully saturated rings. The van der Waals surface area contributed by atoms with Gasteiger partial charge in [0.05, 0.1) is 0 Å². The summed E-state index contributed by atoms with van der Waals surface area (Å²) in [6.45, 7) is 3.52. The van der Waals surface area contributed by atoms with Gasteiger partial charge in [-0.1, -0.05) is 19.8 Å². The molecule has 2 saturated carbocycles. The minimum Gasteiger partial charge on any atom is -0.314 e. The molecule has 2 aliphatic carbocycles. The fourth-order valence-electron chi connectivity index (χ4n) is 2.96. The van der Waals surface area contributed by atoms with E-state index in [1.165, 1.54) is 45.1 Å². The minimum atomic E-state index is 0.898. The topological polar surface area (TPSA) is 12.0 Å². The van der Waals surface area contributed by atoms with Gasteiger partial charge in [-0.25, -0.2) is 0 Å². The van der Waals surface area contributed by atoms with E-state index in [-0.39, 0.29) is 0 Å². The quantitative estimate of drug-likeness (QED) is 0.635. The second-order valence-corrected chi connectivity index (χ2v) is 4.59. The highest BCUT2D eigenvalue weighted by Crippen LogP contribution is 2.44. The van der Waals surface area contributed by atoms with E-state index < -0.39 is 0 Å². The molecular formula is C11H21N. The Morgan fingerprint density at radius 3 is 2.75 bits per heavy atom. The third kappa shape index (κ3) is 1.66. The van der Waals surface area contributed by atoms with Crippen molar-refractivity contribution >= 4 is 0 Å². The van der Waals surface area contributed by atoms with Gasteiger partial charge in [-0.2, -0.15) is 0 Å². The van der Waals surface area contributed by atoms with Crippen LogP contribution < -0.4 is 5.32 Å². The summed E-state index contributed by atoms with van der Waals surface area (Å²) in [6.07, 6.45) is 8.73. The molecule has 0 radical (unpaired) electrons. The van der Waals surface area contributed by atoms with Gasteiger partial charge in [0.1, 0.15) is 0 Å². The fourth-order valence-corrected chi connectivity index (χ4v) is 2.96. The van der Waals surface area contributed by atoms with Crippen molar-refractivity contribution in [2.75, 3.05) is 6.54 Å². The predicted octanol–water partition coefficient (Wildman–Crippen LogP) is 2.56. The Morgan fingerprint density at radius 1 is 1.25 bits per heavy atom. The van der Waals surface area contributed by atoms with Crippen LogP contribution in [-0.4, -0.2) is 12.6 Å². The largest absolute Gasteiger partial charge is 0.314 e. The zero-order valence-corrected chi connectivity index (χ0v) is 8.18. The average molecular weight is 167 g/mol. The molecule has 0 aromatic carbocycles. The van der Waals surface area contributed by atoms with Crippen LogP contribution in [0.2, 0.25) is 0 Å². The maximum Gasteiger partial charge on any atom is 0.00980 e. The van der Waals surface area contributed by atoms with Crippen molar-refractivity contribution in [1.29, 1.82) is 0 Å². The van der Waals surface area contributed by atoms with Crippen LogP contribution in [-0.2, 0) is 0 Å². The average Bonchev–Trinajstić information content (AvgIpc) is 2.65. The fraction of sp³-hybridized carbons (Fsp3) is 1.00. The lowest BCUT2D eigenvalue weighted by molar-refractivity contribution is 0.350. The number of hydrogen-bond acceptors (Lipinski definition) is 1. The lowest BCUT2D eigenvalue weighted by atomic mass is 9.95. The van der Waals surface area contributed by atoms with E-state index in [0.717, 1.165) is 17.9 Å². The first-order valence-corrected chi connectivity index (χ1v) is 5.63. The molecule has 2 aliphatic rings. The Labute approximate surface area is 75.9 Å². The highest BCUT2D eigenvalue weighted by atomic mass is 14.9. The summed E-state index contributed by atoms with van der Waals surface area (Å²) in [6, 6.07) is 0.898. The van der Waals surface area contributed by atoms with Crippen LogP contribution in [0, 0.1) is 11.8 Å². The van der Waals surface area contributed by atoms with Gasteiger partial charge in [-0.15, -0.1) is 0 Å². The summed E-state index contributed by atoms with van der Waals surface area (Å²) in [5, 5.41) is 3.71. The summed E-state index contributed by atoms with van der Waals surface area (Å²) >= 11 is 0. The second kappa shape index (κ2) is 3.78. The van der Waals surface area contributed by atoms with Crippen molar-refractivity contribution in [1.82, 2.24) is 5.32 Å². The van der Waals surface area contributed by atoms with Crippen molar-refractivity contribution < 1.29 is 0 Å². The number of unbranched alkanes of at least 4 members (excludes halogenated alkanes) is 1. The van der Waals surface area contributed by atoms with Gasteiger partial charge in [0.2, 0.25) is 0 Å². The highest BCUT2D eigenvalue weighted by molar-refractivity contribution is 4.93. The number of fused-ring (bicyclic) bond motifs is 2. The van der Waals surface area contributed by atoms with Crippen LogP contribution in [0.4, 0.5) is 0 Å². The van der Waals surface area contributed by atoms with E-state index in [4.69, 9.17) is 0 Å². The van der Waals surface area contributed by atoms with Crippen LogP contribution in [0.25, 0.3) is 0 Å². The first-order valence-electron chi connectivity index (χ1n) is 5.63. The van der Waals surface area contributed by atoms with E-state index in [0.29, 0.717) is 0 Å². The summed E-state index contributed by atoms with van der Waals surface area (Å²) in [5.41, 5.74) is 0. The van der Waals surface area contributed by atoms with Crippen LogP contribution in [0.1, 0.15) is 45.4 Å². The highest BCUT2D eigenvalue weighted by Gasteiger charge is 2.38. The summed E-state index contributed by atoms with van der Waals surface area (Å²) in [5.74, 6) is 2.14. The van der Waals surface area contributed by atoms with Crippen LogP contribution in [0.3, 0.4) is 0 Å². The molecule has 70 valence electrons. The normalized spacial score (nSPS) is 39.2. The number of hydrogen-bond donors (Lipinski definition) is 1.